The van der Waals surface area contributed by atoms with Crippen molar-refractivity contribution in [2.24, 2.45) is 0 Å². The van der Waals surface area contributed by atoms with Crippen molar-refractivity contribution < 1.29 is 4.39 Å². The quantitative estimate of drug-likeness (QED) is 0.834. The molecule has 0 unspecified atom stereocenters. The number of anilines is 2. The first-order chi connectivity index (χ1) is 10.2. The number of hydrogen-bond acceptors (Lipinski definition) is 4. The lowest BCUT2D eigenvalue weighted by Gasteiger charge is -2.15. The molecular weight excluding hydrogens is 285 g/mol. The van der Waals surface area contributed by atoms with Crippen molar-refractivity contribution in [3.05, 3.63) is 40.7 Å². The SMILES string of the molecule is CCCc1nc(N(C)c2ccc(F)cc2)sc1CNCC. The van der Waals surface area contributed by atoms with Crippen LogP contribution in [-0.4, -0.2) is 18.6 Å². The molecule has 1 heterocycles. The summed E-state index contributed by atoms with van der Waals surface area (Å²) in [4.78, 5) is 8.07. The fourth-order valence-electron chi connectivity index (χ4n) is 2.10. The minimum atomic E-state index is -0.217. The van der Waals surface area contributed by atoms with Gasteiger partial charge in [-0.05, 0) is 37.2 Å². The Morgan fingerprint density at radius 2 is 1.95 bits per heavy atom. The van der Waals surface area contributed by atoms with E-state index in [1.807, 2.05) is 11.9 Å². The molecule has 0 spiro atoms. The number of benzene rings is 1. The molecule has 0 aliphatic heterocycles. The Hall–Kier alpha value is -1.46. The summed E-state index contributed by atoms with van der Waals surface area (Å²) in [6.07, 6.45) is 2.08. The van der Waals surface area contributed by atoms with Gasteiger partial charge in [-0.15, -0.1) is 0 Å². The molecule has 1 N–H and O–H groups in total. The molecule has 0 saturated carbocycles. The van der Waals surface area contributed by atoms with Gasteiger partial charge in [0.2, 0.25) is 0 Å². The topological polar surface area (TPSA) is 28.2 Å². The van der Waals surface area contributed by atoms with Gasteiger partial charge < -0.3 is 10.2 Å². The highest BCUT2D eigenvalue weighted by Crippen LogP contribution is 2.31. The standard InChI is InChI=1S/C16H22FN3S/c1-4-6-14-15(11-18-5-2)21-16(19-14)20(3)13-9-7-12(17)8-10-13/h7-10,18H,4-6,11H2,1-3H3. The fourth-order valence-corrected chi connectivity index (χ4v) is 3.16. The molecule has 0 amide bonds. The van der Waals surface area contributed by atoms with Gasteiger partial charge in [0.05, 0.1) is 5.69 Å². The van der Waals surface area contributed by atoms with E-state index in [0.717, 1.165) is 36.8 Å². The third kappa shape index (κ3) is 4.02. The largest absolute Gasteiger partial charge is 0.321 e. The van der Waals surface area contributed by atoms with Gasteiger partial charge in [0, 0.05) is 24.2 Å². The van der Waals surface area contributed by atoms with Gasteiger partial charge >= 0.3 is 0 Å². The lowest BCUT2D eigenvalue weighted by Crippen LogP contribution is -2.11. The molecule has 1 aromatic heterocycles. The third-order valence-corrected chi connectivity index (χ3v) is 4.46. The highest BCUT2D eigenvalue weighted by Gasteiger charge is 2.14. The predicted molar refractivity (Wildman–Crippen MR) is 88.0 cm³/mol. The summed E-state index contributed by atoms with van der Waals surface area (Å²) in [5, 5.41) is 4.32. The summed E-state index contributed by atoms with van der Waals surface area (Å²) in [6.45, 7) is 6.08. The Bertz CT molecular complexity index is 565. The number of rotatable bonds is 7. The van der Waals surface area contributed by atoms with Crippen molar-refractivity contribution in [2.45, 2.75) is 33.2 Å². The smallest absolute Gasteiger partial charge is 0.190 e. The predicted octanol–water partition coefficient (Wildman–Crippen LogP) is 4.11. The minimum Gasteiger partial charge on any atom is -0.321 e. The summed E-state index contributed by atoms with van der Waals surface area (Å²) in [5.41, 5.74) is 2.12. The van der Waals surface area contributed by atoms with Crippen LogP contribution in [0.3, 0.4) is 0 Å². The van der Waals surface area contributed by atoms with Gasteiger partial charge in [-0.3, -0.25) is 0 Å². The van der Waals surface area contributed by atoms with Crippen molar-refractivity contribution in [3.8, 4) is 0 Å². The Morgan fingerprint density at radius 3 is 2.57 bits per heavy atom. The van der Waals surface area contributed by atoms with Gasteiger partial charge in [0.15, 0.2) is 5.13 Å². The average molecular weight is 307 g/mol. The second-order valence-electron chi connectivity index (χ2n) is 4.93. The Labute approximate surface area is 129 Å². The van der Waals surface area contributed by atoms with E-state index in [1.165, 1.54) is 22.7 Å². The number of hydrogen-bond donors (Lipinski definition) is 1. The van der Waals surface area contributed by atoms with E-state index >= 15 is 0 Å². The molecule has 0 saturated heterocycles. The first kappa shape index (κ1) is 15.9. The molecule has 0 bridgehead atoms. The lowest BCUT2D eigenvalue weighted by molar-refractivity contribution is 0.628. The lowest BCUT2D eigenvalue weighted by atomic mass is 10.2. The number of halogens is 1. The summed E-state index contributed by atoms with van der Waals surface area (Å²) >= 11 is 1.71. The maximum Gasteiger partial charge on any atom is 0.190 e. The summed E-state index contributed by atoms with van der Waals surface area (Å²) < 4.78 is 13.0. The Kier molecular flexibility index (Phi) is 5.70. The number of thiazole rings is 1. The van der Waals surface area contributed by atoms with Gasteiger partial charge in [-0.1, -0.05) is 31.6 Å². The maximum atomic E-state index is 13.0. The van der Waals surface area contributed by atoms with E-state index < -0.39 is 0 Å². The first-order valence-corrected chi connectivity index (χ1v) is 8.16. The monoisotopic (exact) mass is 307 g/mol. The van der Waals surface area contributed by atoms with Gasteiger partial charge in [-0.2, -0.15) is 0 Å². The Balaban J connectivity index is 2.23. The molecule has 1 aromatic carbocycles. The van der Waals surface area contributed by atoms with E-state index in [2.05, 4.69) is 19.2 Å². The van der Waals surface area contributed by atoms with Crippen molar-refractivity contribution in [1.82, 2.24) is 10.3 Å². The van der Waals surface area contributed by atoms with Crippen LogP contribution in [0.2, 0.25) is 0 Å². The third-order valence-electron chi connectivity index (χ3n) is 3.29. The molecule has 2 aromatic rings. The molecule has 0 aliphatic carbocycles. The van der Waals surface area contributed by atoms with Gasteiger partial charge in [0.1, 0.15) is 5.82 Å². The van der Waals surface area contributed by atoms with Gasteiger partial charge in [0.25, 0.3) is 0 Å². The van der Waals surface area contributed by atoms with E-state index in [9.17, 15) is 4.39 Å². The van der Waals surface area contributed by atoms with Crippen molar-refractivity contribution >= 4 is 22.2 Å². The second kappa shape index (κ2) is 7.52. The van der Waals surface area contributed by atoms with Crippen LogP contribution in [0.25, 0.3) is 0 Å². The van der Waals surface area contributed by atoms with Crippen molar-refractivity contribution in [2.75, 3.05) is 18.5 Å². The zero-order chi connectivity index (χ0) is 15.2. The van der Waals surface area contributed by atoms with E-state index in [0.29, 0.717) is 0 Å². The van der Waals surface area contributed by atoms with Crippen LogP contribution in [0.4, 0.5) is 15.2 Å². The molecule has 0 radical (unpaired) electrons. The van der Waals surface area contributed by atoms with Crippen molar-refractivity contribution in [1.29, 1.82) is 0 Å². The highest BCUT2D eigenvalue weighted by molar-refractivity contribution is 7.15. The van der Waals surface area contributed by atoms with Gasteiger partial charge in [-0.25, -0.2) is 9.37 Å². The summed E-state index contributed by atoms with van der Waals surface area (Å²) in [7, 11) is 1.97. The molecule has 0 fully saturated rings. The zero-order valence-electron chi connectivity index (χ0n) is 12.8. The highest BCUT2D eigenvalue weighted by atomic mass is 32.1. The number of nitrogens with one attached hydrogen (secondary N) is 1. The molecule has 0 atom stereocenters. The molecule has 3 nitrogen and oxygen atoms in total. The van der Waals surface area contributed by atoms with Crippen molar-refractivity contribution in [3.63, 3.8) is 0 Å². The number of aryl methyl sites for hydroxylation is 1. The summed E-state index contributed by atoms with van der Waals surface area (Å²) in [6, 6.07) is 6.51. The van der Waals surface area contributed by atoms with Crippen LogP contribution in [0.5, 0.6) is 0 Å². The fraction of sp³-hybridized carbons (Fsp3) is 0.438. The molecule has 0 aliphatic rings. The van der Waals surface area contributed by atoms with E-state index in [4.69, 9.17) is 4.98 Å². The second-order valence-corrected chi connectivity index (χ2v) is 5.99. The number of nitrogens with zero attached hydrogens (tertiary/aromatic N) is 2. The van der Waals surface area contributed by atoms with Crippen LogP contribution < -0.4 is 10.2 Å². The van der Waals surface area contributed by atoms with Crippen LogP contribution in [-0.2, 0) is 13.0 Å². The molecule has 5 heteroatoms. The molecule has 114 valence electrons. The maximum absolute atomic E-state index is 13.0. The van der Waals surface area contributed by atoms with Crippen LogP contribution >= 0.6 is 11.3 Å². The average Bonchev–Trinajstić information content (AvgIpc) is 2.88. The molecule has 21 heavy (non-hydrogen) atoms. The molecular formula is C16H22FN3S. The van der Waals surface area contributed by atoms with Crippen LogP contribution in [0.15, 0.2) is 24.3 Å². The van der Waals surface area contributed by atoms with Crippen LogP contribution in [0, 0.1) is 5.82 Å². The minimum absolute atomic E-state index is 0.217. The first-order valence-electron chi connectivity index (χ1n) is 7.34. The number of aromatic nitrogens is 1. The Morgan fingerprint density at radius 1 is 1.24 bits per heavy atom. The van der Waals surface area contributed by atoms with E-state index in [1.54, 1.807) is 23.5 Å². The molecule has 2 rings (SSSR count). The van der Waals surface area contributed by atoms with Crippen LogP contribution in [0.1, 0.15) is 30.8 Å². The zero-order valence-corrected chi connectivity index (χ0v) is 13.6. The van der Waals surface area contributed by atoms with E-state index in [-0.39, 0.29) is 5.82 Å². The normalized spacial score (nSPS) is 10.9. The summed E-state index contributed by atoms with van der Waals surface area (Å²) in [5.74, 6) is -0.217.